The molecule has 0 spiro atoms. The van der Waals surface area contributed by atoms with E-state index in [0.29, 0.717) is 13.0 Å². The van der Waals surface area contributed by atoms with Crippen molar-refractivity contribution in [3.63, 3.8) is 0 Å². The molecule has 1 rings (SSSR count). The molecule has 72 valence electrons. The number of hydrogen-bond donors (Lipinski definition) is 1. The quantitative estimate of drug-likeness (QED) is 0.468. The number of hydrogen-bond acceptors (Lipinski definition) is 2. The Kier molecular flexibility index (Phi) is 4.98. The van der Waals surface area contributed by atoms with E-state index in [9.17, 15) is 0 Å². The van der Waals surface area contributed by atoms with Crippen molar-refractivity contribution in [2.75, 3.05) is 6.54 Å². The van der Waals surface area contributed by atoms with Gasteiger partial charge in [0.25, 0.3) is 0 Å². The minimum Gasteiger partial charge on any atom is -0.409 e. The molecule has 0 saturated heterocycles. The minimum absolute atomic E-state index is 0.341. The summed E-state index contributed by atoms with van der Waals surface area (Å²) in [5.41, 5.74) is 2.76. The van der Waals surface area contributed by atoms with Crippen molar-refractivity contribution < 1.29 is 4.84 Å². The van der Waals surface area contributed by atoms with Gasteiger partial charge in [0, 0.05) is 6.54 Å². The lowest BCUT2D eigenvalue weighted by Crippen LogP contribution is -2.20. The van der Waals surface area contributed by atoms with E-state index in [1.54, 1.807) is 0 Å². The molecule has 1 aromatic rings. The van der Waals surface area contributed by atoms with Gasteiger partial charge in [-0.25, -0.2) is 0 Å². The van der Waals surface area contributed by atoms with Crippen LogP contribution in [-0.4, -0.2) is 11.4 Å². The molecule has 0 unspecified atom stereocenters. The van der Waals surface area contributed by atoms with Gasteiger partial charge in [-0.05, 0) is 18.6 Å². The number of nitrogens with one attached hydrogen (secondary N) is 1. The van der Waals surface area contributed by atoms with E-state index in [0.717, 1.165) is 5.75 Å². The normalized spacial score (nSPS) is 10.4. The molecule has 0 amide bonds. The van der Waals surface area contributed by atoms with Crippen molar-refractivity contribution in [3.05, 3.63) is 30.3 Å². The molecule has 1 aromatic carbocycles. The van der Waals surface area contributed by atoms with E-state index in [2.05, 4.69) is 5.48 Å². The first-order valence-corrected chi connectivity index (χ1v) is 4.89. The van der Waals surface area contributed by atoms with Crippen LogP contribution in [0.5, 0.6) is 5.75 Å². The van der Waals surface area contributed by atoms with Crippen molar-refractivity contribution in [1.29, 1.82) is 0 Å². The van der Waals surface area contributed by atoms with Gasteiger partial charge in [-0.1, -0.05) is 18.2 Å². The molecular formula is C9H11Cl2NO. The van der Waals surface area contributed by atoms with E-state index >= 15 is 0 Å². The third kappa shape index (κ3) is 4.98. The Bertz CT molecular complexity index is 228. The van der Waals surface area contributed by atoms with Crippen LogP contribution in [0.4, 0.5) is 0 Å². The molecule has 0 aliphatic carbocycles. The molecule has 0 heterocycles. The standard InChI is InChI=1S/C9H11Cl2NO/c10-9(11)6-7-12-13-8-4-2-1-3-5-8/h1-5,9,12H,6-7H2. The van der Waals surface area contributed by atoms with Crippen LogP contribution in [-0.2, 0) is 0 Å². The number of para-hydroxylation sites is 1. The Morgan fingerprint density at radius 2 is 1.92 bits per heavy atom. The lowest BCUT2D eigenvalue weighted by Gasteiger charge is -2.06. The molecule has 0 aliphatic rings. The van der Waals surface area contributed by atoms with Gasteiger partial charge >= 0.3 is 0 Å². The number of rotatable bonds is 5. The van der Waals surface area contributed by atoms with E-state index in [1.807, 2.05) is 30.3 Å². The Morgan fingerprint density at radius 3 is 2.54 bits per heavy atom. The summed E-state index contributed by atoms with van der Waals surface area (Å²) in [6.07, 6.45) is 0.663. The largest absolute Gasteiger partial charge is 0.409 e. The number of halogens is 2. The first-order chi connectivity index (χ1) is 6.29. The highest BCUT2D eigenvalue weighted by atomic mass is 35.5. The van der Waals surface area contributed by atoms with Gasteiger partial charge in [-0.15, -0.1) is 23.2 Å². The smallest absolute Gasteiger partial charge is 0.147 e. The summed E-state index contributed by atoms with van der Waals surface area (Å²) in [4.78, 5) is 4.85. The van der Waals surface area contributed by atoms with Crippen LogP contribution in [0.15, 0.2) is 30.3 Å². The summed E-state index contributed by atoms with van der Waals surface area (Å²) >= 11 is 11.1. The second kappa shape index (κ2) is 6.08. The Hall–Kier alpha value is -0.440. The summed E-state index contributed by atoms with van der Waals surface area (Å²) in [5.74, 6) is 0.781. The van der Waals surface area contributed by atoms with Crippen molar-refractivity contribution in [2.45, 2.75) is 11.3 Å². The highest BCUT2D eigenvalue weighted by Gasteiger charge is 1.97. The fourth-order valence-electron chi connectivity index (χ4n) is 0.791. The average molecular weight is 220 g/mol. The monoisotopic (exact) mass is 219 g/mol. The van der Waals surface area contributed by atoms with Gasteiger partial charge in [0.1, 0.15) is 10.6 Å². The molecule has 0 saturated carbocycles. The van der Waals surface area contributed by atoms with Gasteiger partial charge in [0.05, 0.1) is 0 Å². The Labute approximate surface area is 87.8 Å². The molecule has 0 atom stereocenters. The summed E-state index contributed by atoms with van der Waals surface area (Å²) in [6.45, 7) is 0.632. The molecular weight excluding hydrogens is 209 g/mol. The second-order valence-electron chi connectivity index (χ2n) is 2.49. The maximum Gasteiger partial charge on any atom is 0.147 e. The van der Waals surface area contributed by atoms with Gasteiger partial charge in [0.15, 0.2) is 0 Å². The molecule has 4 heteroatoms. The summed E-state index contributed by atoms with van der Waals surface area (Å²) in [6, 6.07) is 9.48. The van der Waals surface area contributed by atoms with Crippen LogP contribution in [0, 0.1) is 0 Å². The highest BCUT2D eigenvalue weighted by Crippen LogP contribution is 2.07. The first kappa shape index (κ1) is 10.6. The lowest BCUT2D eigenvalue weighted by atomic mass is 10.3. The van der Waals surface area contributed by atoms with Crippen molar-refractivity contribution in [2.24, 2.45) is 0 Å². The molecule has 0 bridgehead atoms. The van der Waals surface area contributed by atoms with Crippen LogP contribution in [0.3, 0.4) is 0 Å². The van der Waals surface area contributed by atoms with Gasteiger partial charge < -0.3 is 4.84 Å². The zero-order valence-electron chi connectivity index (χ0n) is 7.04. The van der Waals surface area contributed by atoms with E-state index in [1.165, 1.54) is 0 Å². The summed E-state index contributed by atoms with van der Waals surface area (Å²) in [7, 11) is 0. The predicted molar refractivity (Wildman–Crippen MR) is 55.2 cm³/mol. The predicted octanol–water partition coefficient (Wildman–Crippen LogP) is 2.76. The van der Waals surface area contributed by atoms with E-state index in [4.69, 9.17) is 28.0 Å². The second-order valence-corrected chi connectivity index (χ2v) is 3.77. The highest BCUT2D eigenvalue weighted by molar-refractivity contribution is 6.44. The lowest BCUT2D eigenvalue weighted by molar-refractivity contribution is 0.196. The van der Waals surface area contributed by atoms with Gasteiger partial charge in [-0.2, -0.15) is 5.48 Å². The number of hydroxylamine groups is 1. The molecule has 1 N–H and O–H groups in total. The van der Waals surface area contributed by atoms with E-state index < -0.39 is 0 Å². The zero-order chi connectivity index (χ0) is 9.52. The van der Waals surface area contributed by atoms with Crippen molar-refractivity contribution in [1.82, 2.24) is 5.48 Å². The molecule has 0 radical (unpaired) electrons. The number of alkyl halides is 2. The van der Waals surface area contributed by atoms with Crippen LogP contribution in [0.2, 0.25) is 0 Å². The first-order valence-electron chi connectivity index (χ1n) is 4.02. The zero-order valence-corrected chi connectivity index (χ0v) is 8.55. The number of benzene rings is 1. The van der Waals surface area contributed by atoms with Crippen molar-refractivity contribution in [3.8, 4) is 5.75 Å². The maximum absolute atomic E-state index is 5.53. The van der Waals surface area contributed by atoms with Crippen LogP contribution < -0.4 is 10.3 Å². The fourth-order valence-corrected chi connectivity index (χ4v) is 1.01. The molecule has 13 heavy (non-hydrogen) atoms. The molecule has 0 aromatic heterocycles. The summed E-state index contributed by atoms with van der Waals surface area (Å²) in [5, 5.41) is 0. The Balaban J connectivity index is 2.13. The van der Waals surface area contributed by atoms with E-state index in [-0.39, 0.29) is 4.84 Å². The molecule has 2 nitrogen and oxygen atoms in total. The van der Waals surface area contributed by atoms with Crippen LogP contribution in [0.1, 0.15) is 6.42 Å². The van der Waals surface area contributed by atoms with Gasteiger partial charge in [-0.3, -0.25) is 0 Å². The summed E-state index contributed by atoms with van der Waals surface area (Å²) < 4.78 is 0. The van der Waals surface area contributed by atoms with Crippen LogP contribution in [0.25, 0.3) is 0 Å². The molecule has 0 aliphatic heterocycles. The Morgan fingerprint density at radius 1 is 1.23 bits per heavy atom. The SMILES string of the molecule is ClC(Cl)CCNOc1ccccc1. The minimum atomic E-state index is -0.341. The topological polar surface area (TPSA) is 21.3 Å². The van der Waals surface area contributed by atoms with Gasteiger partial charge in [0.2, 0.25) is 0 Å². The maximum atomic E-state index is 5.53. The average Bonchev–Trinajstić information content (AvgIpc) is 2.14. The van der Waals surface area contributed by atoms with Crippen LogP contribution >= 0.6 is 23.2 Å². The third-order valence-corrected chi connectivity index (χ3v) is 1.83. The van der Waals surface area contributed by atoms with Crippen molar-refractivity contribution >= 4 is 23.2 Å². The molecule has 0 fully saturated rings. The fraction of sp³-hybridized carbons (Fsp3) is 0.333. The third-order valence-electron chi connectivity index (χ3n) is 1.40.